The first kappa shape index (κ1) is 36.6. The molecule has 0 radical (unpaired) electrons. The van der Waals surface area contributed by atoms with Crippen molar-refractivity contribution >= 4 is 43.6 Å². The number of carbonyl (C=O) groups is 2. The second-order valence-electron chi connectivity index (χ2n) is 8.46. The molecular weight excluding hydrogens is 644 g/mol. The number of ether oxygens (including phenoxy) is 7. The van der Waals surface area contributed by atoms with Crippen LogP contribution in [0.1, 0.15) is 11.1 Å². The molecule has 19 heteroatoms. The third-order valence-corrected chi connectivity index (χ3v) is 5.84. The monoisotopic (exact) mass is 676 g/mol. The van der Waals surface area contributed by atoms with Crippen LogP contribution in [0.5, 0.6) is 23.0 Å². The van der Waals surface area contributed by atoms with E-state index in [1.165, 1.54) is 64.8 Å². The Morgan fingerprint density at radius 2 is 0.933 bits per heavy atom. The third kappa shape index (κ3) is 12.1. The molecule has 0 saturated heterocycles. The Balaban J connectivity index is 1.99. The van der Waals surface area contributed by atoms with Crippen LogP contribution in [-0.4, -0.2) is 108 Å². The highest BCUT2D eigenvalue weighted by atomic mass is 32.2. The number of hydrogen-bond donors (Lipinski definition) is 0. The molecule has 2 rings (SSSR count). The lowest BCUT2D eigenvalue weighted by Gasteiger charge is -2.12. The maximum atomic E-state index is 12.7. The summed E-state index contributed by atoms with van der Waals surface area (Å²) in [5.74, 6) is -0.927. The predicted molar refractivity (Wildman–Crippen MR) is 157 cm³/mol. The number of benzene rings is 2. The Morgan fingerprint density at radius 3 is 1.24 bits per heavy atom. The molecular formula is C26H32N2O15S2. The number of methoxy groups -OCH3 is 4. The van der Waals surface area contributed by atoms with E-state index < -0.39 is 43.6 Å². The van der Waals surface area contributed by atoms with Gasteiger partial charge in [-0.1, -0.05) is 10.3 Å². The van der Waals surface area contributed by atoms with Gasteiger partial charge in [0.05, 0.1) is 54.2 Å². The third-order valence-electron chi connectivity index (χ3n) is 5.15. The van der Waals surface area contributed by atoms with Crippen molar-refractivity contribution in [2.24, 2.45) is 10.3 Å². The highest BCUT2D eigenvalue weighted by Gasteiger charge is 2.22. The van der Waals surface area contributed by atoms with Crippen LogP contribution in [0.2, 0.25) is 0 Å². The highest BCUT2D eigenvalue weighted by molar-refractivity contribution is 7.86. The quantitative estimate of drug-likeness (QED) is 0.0929. The molecule has 0 aromatic heterocycles. The fraction of sp³-hybridized carbons (Fsp3) is 0.385. The molecule has 248 valence electrons. The van der Waals surface area contributed by atoms with Gasteiger partial charge in [0.1, 0.15) is 13.2 Å². The SMILES string of the molecule is COc1ccc(C(=NOS(C)(=O)=O)C(=O)OCCOCCOC(=O)C(=NOS(C)(=O)=O)c2ccc(OC)c(OC)c2)cc1OC. The number of oxime groups is 2. The van der Waals surface area contributed by atoms with Gasteiger partial charge in [-0.15, -0.1) is 0 Å². The van der Waals surface area contributed by atoms with Crippen molar-refractivity contribution in [2.75, 3.05) is 67.4 Å². The minimum Gasteiger partial charge on any atom is -0.493 e. The van der Waals surface area contributed by atoms with Gasteiger partial charge < -0.3 is 33.2 Å². The molecule has 0 aliphatic rings. The van der Waals surface area contributed by atoms with E-state index in [9.17, 15) is 26.4 Å². The minimum atomic E-state index is -4.05. The molecule has 0 N–H and O–H groups in total. The lowest BCUT2D eigenvalue weighted by molar-refractivity contribution is -0.138. The molecule has 0 spiro atoms. The van der Waals surface area contributed by atoms with Crippen molar-refractivity contribution < 1.29 is 68.2 Å². The largest absolute Gasteiger partial charge is 0.493 e. The van der Waals surface area contributed by atoms with Crippen LogP contribution in [-0.2, 0) is 52.6 Å². The Kier molecular flexibility index (Phi) is 13.8. The van der Waals surface area contributed by atoms with Gasteiger partial charge in [0.25, 0.3) is 0 Å². The highest BCUT2D eigenvalue weighted by Crippen LogP contribution is 2.29. The molecule has 0 unspecified atom stereocenters. The molecule has 17 nitrogen and oxygen atoms in total. The van der Waals surface area contributed by atoms with E-state index in [2.05, 4.69) is 18.9 Å². The van der Waals surface area contributed by atoms with Gasteiger partial charge >= 0.3 is 32.2 Å². The maximum Gasteiger partial charge on any atom is 0.361 e. The van der Waals surface area contributed by atoms with Crippen molar-refractivity contribution in [3.05, 3.63) is 47.5 Å². The zero-order chi connectivity index (χ0) is 33.6. The average molecular weight is 677 g/mol. The van der Waals surface area contributed by atoms with Crippen LogP contribution in [0.15, 0.2) is 46.7 Å². The summed E-state index contributed by atoms with van der Waals surface area (Å²) < 4.78 is 90.9. The summed E-state index contributed by atoms with van der Waals surface area (Å²) in [7, 11) is -2.55. The summed E-state index contributed by atoms with van der Waals surface area (Å²) in [4.78, 5) is 25.4. The van der Waals surface area contributed by atoms with Crippen molar-refractivity contribution in [1.29, 1.82) is 0 Å². The Bertz CT molecular complexity index is 1500. The van der Waals surface area contributed by atoms with E-state index >= 15 is 0 Å². The number of hydrogen-bond acceptors (Lipinski definition) is 17. The van der Waals surface area contributed by atoms with E-state index in [4.69, 9.17) is 33.2 Å². The Labute approximate surface area is 259 Å². The molecule has 0 amide bonds. The number of nitrogens with zero attached hydrogens (tertiary/aromatic N) is 2. The molecule has 0 bridgehead atoms. The molecule has 0 saturated carbocycles. The van der Waals surface area contributed by atoms with E-state index in [1.807, 2.05) is 0 Å². The standard InChI is InChI=1S/C26H32N2O15S2/c1-35-19-9-7-17(15-21(19)37-3)23(27-42-44(5,31)32)25(29)40-13-11-39-12-14-41-26(30)24(28-43-45(6,33)34)18-8-10-20(36-2)22(16-18)38-4/h7-10,15-16H,11-14H2,1-6H3. The van der Waals surface area contributed by atoms with E-state index in [1.54, 1.807) is 0 Å². The first-order valence-corrected chi connectivity index (χ1v) is 16.2. The molecule has 0 fully saturated rings. The molecule has 0 aliphatic carbocycles. The number of carbonyl (C=O) groups excluding carboxylic acids is 2. The van der Waals surface area contributed by atoms with Crippen LogP contribution in [0.25, 0.3) is 0 Å². The summed E-state index contributed by atoms with van der Waals surface area (Å²) in [6.07, 6.45) is 1.49. The Hall–Kier alpha value is -4.62. The lowest BCUT2D eigenvalue weighted by atomic mass is 10.1. The minimum absolute atomic E-state index is 0.112. The van der Waals surface area contributed by atoms with Crippen molar-refractivity contribution in [3.63, 3.8) is 0 Å². The maximum absolute atomic E-state index is 12.7. The van der Waals surface area contributed by atoms with Crippen molar-refractivity contribution in [2.45, 2.75) is 0 Å². The summed E-state index contributed by atoms with van der Waals surface area (Å²) >= 11 is 0. The zero-order valence-electron chi connectivity index (χ0n) is 25.1. The number of rotatable bonds is 18. The number of esters is 2. The van der Waals surface area contributed by atoms with Gasteiger partial charge in [-0.05, 0) is 36.4 Å². The predicted octanol–water partition coefficient (Wildman–Crippen LogP) is 0.885. The first-order chi connectivity index (χ1) is 21.2. The van der Waals surface area contributed by atoms with Crippen LogP contribution < -0.4 is 18.9 Å². The van der Waals surface area contributed by atoms with Gasteiger partial charge in [0.2, 0.25) is 0 Å². The summed E-state index contributed by atoms with van der Waals surface area (Å²) in [6.45, 7) is -0.941. The van der Waals surface area contributed by atoms with Gasteiger partial charge in [0.15, 0.2) is 34.4 Å². The zero-order valence-corrected chi connectivity index (χ0v) is 26.8. The van der Waals surface area contributed by atoms with Crippen LogP contribution >= 0.6 is 0 Å². The molecule has 2 aromatic rings. The van der Waals surface area contributed by atoms with Gasteiger partial charge in [-0.25, -0.2) is 9.59 Å². The van der Waals surface area contributed by atoms with Gasteiger partial charge in [-0.2, -0.15) is 16.8 Å². The van der Waals surface area contributed by atoms with Crippen LogP contribution in [0.4, 0.5) is 0 Å². The van der Waals surface area contributed by atoms with E-state index in [0.29, 0.717) is 11.5 Å². The summed E-state index contributed by atoms with van der Waals surface area (Å²) in [6, 6.07) is 8.51. The lowest BCUT2D eigenvalue weighted by Crippen LogP contribution is -2.23. The molecule has 2 aromatic carbocycles. The molecule has 0 heterocycles. The topological polar surface area (TPSA) is 210 Å². The van der Waals surface area contributed by atoms with Crippen molar-refractivity contribution in [3.8, 4) is 23.0 Å². The summed E-state index contributed by atoms with van der Waals surface area (Å²) in [5.41, 5.74) is -0.732. The van der Waals surface area contributed by atoms with Crippen molar-refractivity contribution in [1.82, 2.24) is 0 Å². The van der Waals surface area contributed by atoms with Gasteiger partial charge in [0, 0.05) is 11.1 Å². The normalized spacial score (nSPS) is 12.1. The molecule has 45 heavy (non-hydrogen) atoms. The molecule has 0 atom stereocenters. The summed E-state index contributed by atoms with van der Waals surface area (Å²) in [5, 5.41) is 6.84. The average Bonchev–Trinajstić information content (AvgIpc) is 2.99. The fourth-order valence-electron chi connectivity index (χ4n) is 3.22. The van der Waals surface area contributed by atoms with Crippen LogP contribution in [0, 0.1) is 0 Å². The van der Waals surface area contributed by atoms with E-state index in [-0.39, 0.29) is 49.1 Å². The second kappa shape index (κ2) is 17.0. The Morgan fingerprint density at radius 1 is 0.578 bits per heavy atom. The first-order valence-electron chi connectivity index (χ1n) is 12.5. The molecule has 0 aliphatic heterocycles. The van der Waals surface area contributed by atoms with Gasteiger partial charge in [-0.3, -0.25) is 8.57 Å². The second-order valence-corrected chi connectivity index (χ2v) is 11.6. The smallest absolute Gasteiger partial charge is 0.361 e. The van der Waals surface area contributed by atoms with E-state index in [0.717, 1.165) is 12.5 Å². The fourth-order valence-corrected chi connectivity index (χ4v) is 3.64. The van der Waals surface area contributed by atoms with Crippen LogP contribution in [0.3, 0.4) is 0 Å².